The van der Waals surface area contributed by atoms with Gasteiger partial charge in [0.1, 0.15) is 5.69 Å². The van der Waals surface area contributed by atoms with Gasteiger partial charge in [-0.3, -0.25) is 9.59 Å². The maximum absolute atomic E-state index is 13.2. The Bertz CT molecular complexity index is 623. The molecule has 1 aromatic heterocycles. The Balaban J connectivity index is 1.42. The van der Waals surface area contributed by atoms with Gasteiger partial charge in [0.2, 0.25) is 5.91 Å². The topological polar surface area (TPSA) is 69.3 Å². The van der Waals surface area contributed by atoms with E-state index in [1.807, 2.05) is 4.90 Å². The smallest absolute Gasteiger partial charge is 0.271 e. The highest BCUT2D eigenvalue weighted by Crippen LogP contribution is 2.41. The van der Waals surface area contributed by atoms with Crippen molar-refractivity contribution in [1.29, 1.82) is 0 Å². The number of aromatic nitrogens is 2. The molecule has 6 nitrogen and oxygen atoms in total. The van der Waals surface area contributed by atoms with Crippen LogP contribution in [0, 0.1) is 11.3 Å². The fourth-order valence-electron chi connectivity index (χ4n) is 4.98. The van der Waals surface area contributed by atoms with Gasteiger partial charge in [0, 0.05) is 26.2 Å². The average molecular weight is 344 g/mol. The Kier molecular flexibility index (Phi) is 4.52. The van der Waals surface area contributed by atoms with Gasteiger partial charge < -0.3 is 14.8 Å². The minimum absolute atomic E-state index is 0.0356. The molecule has 2 saturated heterocycles. The summed E-state index contributed by atoms with van der Waals surface area (Å²) in [6, 6.07) is 0. The third-order valence-electron chi connectivity index (χ3n) is 6.40. The van der Waals surface area contributed by atoms with E-state index in [2.05, 4.69) is 14.9 Å². The fraction of sp³-hybridized carbons (Fsp3) is 0.737. The summed E-state index contributed by atoms with van der Waals surface area (Å²) in [5.41, 5.74) is 0.169. The highest BCUT2D eigenvalue weighted by Gasteiger charge is 2.49. The second-order valence-corrected chi connectivity index (χ2v) is 8.08. The number of carbonyl (C=O) groups is 2. The van der Waals surface area contributed by atoms with Crippen molar-refractivity contribution in [3.8, 4) is 0 Å². The van der Waals surface area contributed by atoms with Crippen LogP contribution in [0.5, 0.6) is 0 Å². The summed E-state index contributed by atoms with van der Waals surface area (Å²) < 4.78 is 0. The number of hydrogen-bond donors (Lipinski definition) is 1. The summed E-state index contributed by atoms with van der Waals surface area (Å²) in [6.45, 7) is 3.05. The zero-order chi connectivity index (χ0) is 17.3. The Morgan fingerprint density at radius 3 is 2.80 bits per heavy atom. The number of nitrogens with zero attached hydrogens (tertiary/aromatic N) is 3. The van der Waals surface area contributed by atoms with Crippen molar-refractivity contribution in [3.05, 3.63) is 18.2 Å². The largest absolute Gasteiger partial charge is 0.342 e. The van der Waals surface area contributed by atoms with Crippen LogP contribution in [-0.2, 0) is 4.79 Å². The molecule has 1 saturated carbocycles. The molecule has 1 spiro atoms. The highest BCUT2D eigenvalue weighted by atomic mass is 16.2. The Morgan fingerprint density at radius 2 is 2.04 bits per heavy atom. The first-order valence-electron chi connectivity index (χ1n) is 9.75. The molecule has 136 valence electrons. The van der Waals surface area contributed by atoms with Crippen molar-refractivity contribution in [2.24, 2.45) is 11.3 Å². The minimum Gasteiger partial charge on any atom is -0.342 e. The third kappa shape index (κ3) is 3.18. The predicted octanol–water partition coefficient (Wildman–Crippen LogP) is 2.44. The Morgan fingerprint density at radius 1 is 1.20 bits per heavy atom. The van der Waals surface area contributed by atoms with Crippen LogP contribution in [0.25, 0.3) is 0 Å². The molecule has 1 aromatic rings. The summed E-state index contributed by atoms with van der Waals surface area (Å²) in [5.74, 6) is 0.938. The first-order valence-corrected chi connectivity index (χ1v) is 9.75. The lowest BCUT2D eigenvalue weighted by molar-refractivity contribution is -0.146. The zero-order valence-corrected chi connectivity index (χ0v) is 14.9. The van der Waals surface area contributed by atoms with Crippen LogP contribution in [0.3, 0.4) is 0 Å². The second-order valence-electron chi connectivity index (χ2n) is 8.08. The van der Waals surface area contributed by atoms with Crippen LogP contribution < -0.4 is 0 Å². The molecule has 0 aromatic carbocycles. The molecule has 3 aliphatic rings. The quantitative estimate of drug-likeness (QED) is 0.916. The lowest BCUT2D eigenvalue weighted by atomic mass is 9.77. The highest BCUT2D eigenvalue weighted by molar-refractivity contribution is 5.93. The number of carbonyl (C=O) groups excluding carboxylic acids is 2. The lowest BCUT2D eigenvalue weighted by Crippen LogP contribution is -2.51. The van der Waals surface area contributed by atoms with Crippen molar-refractivity contribution >= 4 is 11.8 Å². The number of aromatic amines is 1. The van der Waals surface area contributed by atoms with E-state index in [-0.39, 0.29) is 11.3 Å². The molecular formula is C19H28N4O2. The van der Waals surface area contributed by atoms with E-state index >= 15 is 0 Å². The molecule has 2 aliphatic heterocycles. The Hall–Kier alpha value is -1.85. The maximum atomic E-state index is 13.2. The molecule has 4 rings (SSSR count). The first-order chi connectivity index (χ1) is 12.2. The number of likely N-dealkylation sites (tertiary alicyclic amines) is 2. The van der Waals surface area contributed by atoms with E-state index in [1.54, 1.807) is 6.20 Å². The maximum Gasteiger partial charge on any atom is 0.271 e. The number of nitrogens with one attached hydrogen (secondary N) is 1. The summed E-state index contributed by atoms with van der Waals surface area (Å²) in [7, 11) is 0. The fourth-order valence-corrected chi connectivity index (χ4v) is 4.98. The van der Waals surface area contributed by atoms with Crippen molar-refractivity contribution in [1.82, 2.24) is 19.8 Å². The monoisotopic (exact) mass is 344 g/mol. The van der Waals surface area contributed by atoms with Crippen LogP contribution in [0.2, 0.25) is 0 Å². The van der Waals surface area contributed by atoms with Crippen LogP contribution in [0.1, 0.15) is 61.9 Å². The van der Waals surface area contributed by atoms with E-state index in [9.17, 15) is 9.59 Å². The standard InChI is InChI=1S/C19H28N4O2/c24-17(16-11-20-14-21-16)23-10-8-19(13-23)7-4-9-22(18(19)25)12-15-5-2-1-3-6-15/h11,14-15H,1-10,12-13H2,(H,20,21)/t19-/m1/s1. The van der Waals surface area contributed by atoms with Crippen molar-refractivity contribution in [2.45, 2.75) is 51.4 Å². The van der Waals surface area contributed by atoms with Crippen molar-refractivity contribution < 1.29 is 9.59 Å². The molecule has 3 heterocycles. The Labute approximate surface area is 149 Å². The molecule has 1 atom stereocenters. The predicted molar refractivity (Wildman–Crippen MR) is 93.9 cm³/mol. The summed E-state index contributed by atoms with van der Waals surface area (Å²) in [4.78, 5) is 36.6. The normalized spacial score (nSPS) is 28.1. The molecule has 0 unspecified atom stereocenters. The molecule has 25 heavy (non-hydrogen) atoms. The molecule has 6 heteroatoms. The van der Waals surface area contributed by atoms with E-state index in [0.29, 0.717) is 30.6 Å². The number of amides is 2. The molecule has 0 bridgehead atoms. The zero-order valence-electron chi connectivity index (χ0n) is 14.9. The van der Waals surface area contributed by atoms with E-state index < -0.39 is 0 Å². The third-order valence-corrected chi connectivity index (χ3v) is 6.40. The average Bonchev–Trinajstić information content (AvgIpc) is 3.31. The number of imidazole rings is 1. The van der Waals surface area contributed by atoms with Gasteiger partial charge in [-0.05, 0) is 38.0 Å². The second kappa shape index (κ2) is 6.81. The van der Waals surface area contributed by atoms with E-state index in [1.165, 1.54) is 38.4 Å². The van der Waals surface area contributed by atoms with Gasteiger partial charge in [-0.25, -0.2) is 4.98 Å². The first kappa shape index (κ1) is 16.6. The van der Waals surface area contributed by atoms with Gasteiger partial charge in [-0.1, -0.05) is 19.3 Å². The molecule has 1 N–H and O–H groups in total. The SMILES string of the molecule is O=C(c1cnc[nH]1)N1CC[C@]2(CCCN(CC3CCCCC3)C2=O)C1. The summed E-state index contributed by atoms with van der Waals surface area (Å²) >= 11 is 0. The van der Waals surface area contributed by atoms with Crippen LogP contribution in [-0.4, -0.2) is 57.8 Å². The van der Waals surface area contributed by atoms with Crippen LogP contribution in [0.15, 0.2) is 12.5 Å². The summed E-state index contributed by atoms with van der Waals surface area (Å²) in [6.07, 6.45) is 12.4. The van der Waals surface area contributed by atoms with Gasteiger partial charge in [-0.2, -0.15) is 0 Å². The van der Waals surface area contributed by atoms with Gasteiger partial charge in [-0.15, -0.1) is 0 Å². The molecule has 3 fully saturated rings. The van der Waals surface area contributed by atoms with Crippen LogP contribution in [0.4, 0.5) is 0 Å². The number of H-pyrrole nitrogens is 1. The lowest BCUT2D eigenvalue weighted by Gasteiger charge is -2.41. The molecular weight excluding hydrogens is 316 g/mol. The molecule has 2 amide bonds. The number of rotatable bonds is 3. The minimum atomic E-state index is -0.345. The van der Waals surface area contributed by atoms with Gasteiger partial charge >= 0.3 is 0 Å². The van der Waals surface area contributed by atoms with E-state index in [4.69, 9.17) is 0 Å². The van der Waals surface area contributed by atoms with Crippen molar-refractivity contribution in [2.75, 3.05) is 26.2 Å². The number of piperidine rings is 1. The van der Waals surface area contributed by atoms with E-state index in [0.717, 1.165) is 32.4 Å². The van der Waals surface area contributed by atoms with Crippen molar-refractivity contribution in [3.63, 3.8) is 0 Å². The molecule has 0 radical (unpaired) electrons. The van der Waals surface area contributed by atoms with Crippen LogP contribution >= 0.6 is 0 Å². The van der Waals surface area contributed by atoms with Gasteiger partial charge in [0.15, 0.2) is 0 Å². The van der Waals surface area contributed by atoms with Gasteiger partial charge in [0.05, 0.1) is 17.9 Å². The molecule has 1 aliphatic carbocycles. The summed E-state index contributed by atoms with van der Waals surface area (Å²) in [5, 5.41) is 0. The van der Waals surface area contributed by atoms with Gasteiger partial charge in [0.25, 0.3) is 5.91 Å². The number of hydrogen-bond acceptors (Lipinski definition) is 3.